The molecule has 0 saturated heterocycles. The molecule has 7 aromatic rings. The maximum Gasteiger partial charge on any atom is 0.303 e. The second-order valence-corrected chi connectivity index (χ2v) is 41.0. The Hall–Kier alpha value is -9.61. The van der Waals surface area contributed by atoms with Crippen LogP contribution in [0.5, 0.6) is 0 Å². The fourth-order valence-corrected chi connectivity index (χ4v) is 18.5. The normalized spacial score (nSPS) is 13.6. The molecule has 11 N–H and O–H groups in total. The van der Waals surface area contributed by atoms with Crippen LogP contribution in [-0.2, 0) is 104 Å². The van der Waals surface area contributed by atoms with Gasteiger partial charge in [0.15, 0.2) is 11.4 Å². The number of amides is 2. The second-order valence-electron chi connectivity index (χ2n) is 29.2. The van der Waals surface area contributed by atoms with Gasteiger partial charge in [-0.25, -0.2) is 0 Å². The number of carboxylic acids is 1. The number of aryl methyl sites for hydroxylation is 4. The van der Waals surface area contributed by atoms with E-state index in [1.54, 1.807) is 80.3 Å². The topological polar surface area (TPSA) is 543 Å². The van der Waals surface area contributed by atoms with Crippen LogP contribution in [0.4, 0.5) is 22.7 Å². The lowest BCUT2D eigenvalue weighted by Crippen LogP contribution is -2.24. The molecule has 0 saturated carbocycles. The van der Waals surface area contributed by atoms with Crippen LogP contribution in [0.2, 0.25) is 0 Å². The molecule has 34 nitrogen and oxygen atoms in total. The van der Waals surface area contributed by atoms with Crippen LogP contribution in [0.15, 0.2) is 194 Å². The molecule has 0 aromatic heterocycles. The van der Waals surface area contributed by atoms with Crippen molar-refractivity contribution in [3.05, 3.63) is 208 Å². The molecule has 0 heterocycles. The van der Waals surface area contributed by atoms with E-state index in [9.17, 15) is 118 Å². The first-order chi connectivity index (χ1) is 57.1. The number of nitrogens with zero attached hydrogens (tertiary/aromatic N) is 4. The monoisotopic (exact) mass is 1860 g/mol. The standard InChI is InChI=1S/C81H98N6O28S8/c1-55-47-63(30-36-73(55)85(42-19-45-117(95,96)97)59(5)23-17-22-58(4)84(40-16-10-14-27-80(89)90)74-37-33-66(48-56(74)2)119(101,102)103)54-83-81(91)64-31-28-62(29-32-64)53-82-79(88)26-13-9-15-41-86(75-38-34-69-71(60(75)6)49-67(120(104,105)106)51-77(69)122(110,111)112)57(3)21-11-8-12-24-65(25-18-44-116(92,93)94)87(43-20-46-118(98,99)100)76-39-35-70-72(61(76)7)50-68(121(107,108)109)52-78(70)123(113,114)115/h8,11-12,17,21-24,28-39,47-52H,9-10,13-16,18-20,25-27,40-46,53-54H2,1-7H3,(H9-2,82,83,88,89,90,91,92,93,94,95,96,97,98,99,100,101,102,103,104,105,106,107,108,109,110,111,112,113,114,115)/p+2. The first-order valence-corrected chi connectivity index (χ1v) is 50.2. The minimum atomic E-state index is -5.14. The van der Waals surface area contributed by atoms with Crippen molar-refractivity contribution >= 4 is 154 Å². The van der Waals surface area contributed by atoms with E-state index in [1.807, 2.05) is 54.5 Å². The van der Waals surface area contributed by atoms with Gasteiger partial charge in [0.2, 0.25) is 17.3 Å². The fraction of sp³-hybridized carbons (Fsp3) is 0.346. The predicted octanol–water partition coefficient (Wildman–Crippen LogP) is 11.8. The Morgan fingerprint density at radius 2 is 0.878 bits per heavy atom. The minimum Gasteiger partial charge on any atom is -0.481 e. The van der Waals surface area contributed by atoms with Crippen LogP contribution in [-0.4, -0.2) is 191 Å². The van der Waals surface area contributed by atoms with Gasteiger partial charge in [-0.05, 0) is 192 Å². The van der Waals surface area contributed by atoms with Crippen molar-refractivity contribution < 1.29 is 132 Å². The second kappa shape index (κ2) is 42.9. The molecule has 123 heavy (non-hydrogen) atoms. The van der Waals surface area contributed by atoms with Gasteiger partial charge in [0.1, 0.15) is 22.9 Å². The van der Waals surface area contributed by atoms with E-state index < -0.39 is 130 Å². The molecule has 2 amide bonds. The molecule has 0 fully saturated rings. The highest BCUT2D eigenvalue weighted by Crippen LogP contribution is 2.38. The van der Waals surface area contributed by atoms with Crippen LogP contribution in [0.1, 0.15) is 142 Å². The van der Waals surface area contributed by atoms with Crippen molar-refractivity contribution in [2.45, 2.75) is 163 Å². The summed E-state index contributed by atoms with van der Waals surface area (Å²) in [6.45, 7) is 12.7. The Morgan fingerprint density at radius 3 is 1.40 bits per heavy atom. The molecule has 0 bridgehead atoms. The molecule has 0 aliphatic rings. The van der Waals surface area contributed by atoms with Crippen LogP contribution < -0.4 is 20.4 Å². The van der Waals surface area contributed by atoms with Gasteiger partial charge in [-0.15, -0.1) is 0 Å². The average molecular weight is 1860 g/mol. The average Bonchev–Trinajstić information content (AvgIpc) is 0.755. The van der Waals surface area contributed by atoms with Gasteiger partial charge in [0.05, 0.1) is 31.9 Å². The van der Waals surface area contributed by atoms with Crippen molar-refractivity contribution in [3.8, 4) is 0 Å². The molecule has 0 atom stereocenters. The first kappa shape index (κ1) is 100. The summed E-state index contributed by atoms with van der Waals surface area (Å²) in [6.07, 6.45) is 15.5. The molecule has 0 aliphatic heterocycles. The zero-order valence-electron chi connectivity index (χ0n) is 68.2. The van der Waals surface area contributed by atoms with Gasteiger partial charge >= 0.3 is 5.97 Å². The summed E-state index contributed by atoms with van der Waals surface area (Å²) in [5.74, 6) is -3.66. The van der Waals surface area contributed by atoms with Gasteiger partial charge in [0.25, 0.3) is 86.9 Å². The molecule has 668 valence electrons. The van der Waals surface area contributed by atoms with E-state index in [1.165, 1.54) is 66.1 Å². The van der Waals surface area contributed by atoms with Gasteiger partial charge in [-0.1, -0.05) is 61.4 Å². The molecule has 7 aromatic carbocycles. The van der Waals surface area contributed by atoms with E-state index in [4.69, 9.17) is 5.11 Å². The Morgan fingerprint density at radius 1 is 0.398 bits per heavy atom. The van der Waals surface area contributed by atoms with E-state index in [0.717, 1.165) is 29.0 Å². The van der Waals surface area contributed by atoms with Crippen molar-refractivity contribution in [2.24, 2.45) is 0 Å². The number of nitrogens with one attached hydrogen (secondary N) is 2. The van der Waals surface area contributed by atoms with Crippen molar-refractivity contribution in [1.82, 2.24) is 10.6 Å². The Kier molecular flexibility index (Phi) is 35.0. The Balaban J connectivity index is 1.06. The summed E-state index contributed by atoms with van der Waals surface area (Å²) in [5, 5.41) is 14.6. The molecular formula is C81H100N6O28S8+2. The van der Waals surface area contributed by atoms with E-state index in [-0.39, 0.29) is 121 Å². The number of unbranched alkanes of at least 4 members (excludes halogenated alkanes) is 4. The predicted molar refractivity (Wildman–Crippen MR) is 465 cm³/mol. The van der Waals surface area contributed by atoms with Gasteiger partial charge < -0.3 is 25.5 Å². The largest absolute Gasteiger partial charge is 0.481 e. The fourth-order valence-electron chi connectivity index (χ4n) is 13.8. The van der Waals surface area contributed by atoms with Gasteiger partial charge in [0, 0.05) is 140 Å². The third-order valence-electron chi connectivity index (χ3n) is 19.9. The number of benzene rings is 7. The number of rotatable bonds is 45. The highest BCUT2D eigenvalue weighted by molar-refractivity contribution is 7.88. The number of carboxylic acid groups (broad SMARTS) is 1. The molecular weight excluding hydrogens is 1760 g/mol. The maximum absolute atomic E-state index is 13.5. The lowest BCUT2D eigenvalue weighted by Gasteiger charge is -2.28. The number of allylic oxidation sites excluding steroid dienone is 10. The molecule has 0 spiro atoms. The SMILES string of the molecule is CC(/C=C/C=C(\C)N(CCCCCC(=O)O)c1ccc(S(=O)(=O)O)cc1C)=[N+](CCCS(=O)(=O)O)c1ccc(CNC(=O)c2ccc(CNC(=O)CCCCCN(/C(C)=C/C=C/C=C/C(CCCS(=O)(=O)O)=[N+](CCCS(=O)(=O)O)c3ccc4c(S(=O)(=O)O)cc(S(=O)(=O)O)cc4c3C)c3ccc4c(S(=O)(=O)O)cc(S(=O)(=O)O)cc4c3C)cc2)cc1C. The van der Waals surface area contributed by atoms with Gasteiger partial charge in [-0.2, -0.15) is 76.5 Å². The van der Waals surface area contributed by atoms with Crippen molar-refractivity contribution in [2.75, 3.05) is 53.2 Å². The third-order valence-corrected chi connectivity index (χ3v) is 26.6. The van der Waals surface area contributed by atoms with E-state index >= 15 is 0 Å². The van der Waals surface area contributed by atoms with Crippen LogP contribution in [0.3, 0.4) is 0 Å². The number of hydrogen-bond acceptors (Lipinski definition) is 21. The molecule has 0 radical (unpaired) electrons. The lowest BCUT2D eigenvalue weighted by molar-refractivity contribution is -0.441. The summed E-state index contributed by atoms with van der Waals surface area (Å²) in [4.78, 5) is 38.1. The quantitative estimate of drug-likeness (QED) is 0.00555. The minimum absolute atomic E-state index is 0.00700. The molecule has 0 unspecified atom stereocenters. The third kappa shape index (κ3) is 30.6. The number of anilines is 2. The first-order valence-electron chi connectivity index (χ1n) is 38.2. The highest BCUT2D eigenvalue weighted by atomic mass is 32.2. The summed E-state index contributed by atoms with van der Waals surface area (Å²) < 4.78 is 278. The number of aliphatic carboxylic acids is 1. The zero-order chi connectivity index (χ0) is 91.5. The number of fused-ring (bicyclic) bond motifs is 2. The molecule has 0 aliphatic carbocycles. The lowest BCUT2D eigenvalue weighted by atomic mass is 10.0. The number of carbonyl (C=O) groups excluding carboxylic acids is 2. The van der Waals surface area contributed by atoms with Crippen LogP contribution in [0.25, 0.3) is 21.5 Å². The van der Waals surface area contributed by atoms with Gasteiger partial charge in [-0.3, -0.25) is 50.8 Å². The summed E-state index contributed by atoms with van der Waals surface area (Å²) in [6, 6.07) is 24.9. The van der Waals surface area contributed by atoms with Crippen LogP contribution in [0, 0.1) is 27.7 Å². The number of carbonyl (C=O) groups is 3. The smallest absolute Gasteiger partial charge is 0.303 e. The van der Waals surface area contributed by atoms with E-state index in [2.05, 4.69) is 10.6 Å². The Bertz CT molecular complexity index is 6400. The van der Waals surface area contributed by atoms with Crippen molar-refractivity contribution in [1.29, 1.82) is 0 Å². The summed E-state index contributed by atoms with van der Waals surface area (Å²) >= 11 is 0. The van der Waals surface area contributed by atoms with E-state index in [0.29, 0.717) is 108 Å². The summed E-state index contributed by atoms with van der Waals surface area (Å²) in [7, 11) is -38.3. The maximum atomic E-state index is 13.5. The highest BCUT2D eigenvalue weighted by Gasteiger charge is 2.29. The Labute approximate surface area is 716 Å². The van der Waals surface area contributed by atoms with Crippen molar-refractivity contribution in [3.63, 3.8) is 0 Å². The zero-order valence-corrected chi connectivity index (χ0v) is 74.7. The molecule has 42 heteroatoms. The number of hydrogen-bond donors (Lipinski definition) is 11. The van der Waals surface area contributed by atoms with Crippen LogP contribution >= 0.6 is 0 Å². The summed E-state index contributed by atoms with van der Waals surface area (Å²) in [5.41, 5.74) is 7.57. The molecule has 7 rings (SSSR count).